The Bertz CT molecular complexity index is 821. The number of ether oxygens (including phenoxy) is 4. The molecule has 0 aliphatic heterocycles. The molecule has 0 aromatic heterocycles. The summed E-state index contributed by atoms with van der Waals surface area (Å²) in [6.45, 7) is 13.1. The molecule has 0 amide bonds. The van der Waals surface area contributed by atoms with Crippen molar-refractivity contribution < 1.29 is 18.9 Å². The van der Waals surface area contributed by atoms with E-state index in [1.807, 2.05) is 31.2 Å². The van der Waals surface area contributed by atoms with Gasteiger partial charge in [-0.3, -0.25) is 0 Å². The van der Waals surface area contributed by atoms with E-state index in [9.17, 15) is 0 Å². The van der Waals surface area contributed by atoms with Crippen molar-refractivity contribution in [2.75, 3.05) is 28.4 Å². The Morgan fingerprint density at radius 3 is 1.34 bits per heavy atom. The van der Waals surface area contributed by atoms with Crippen molar-refractivity contribution in [3.8, 4) is 23.0 Å². The van der Waals surface area contributed by atoms with Crippen LogP contribution in [-0.2, 0) is 10.8 Å². The number of hydrogen-bond donors (Lipinski definition) is 0. The van der Waals surface area contributed by atoms with Crippen LogP contribution in [0.2, 0.25) is 0 Å². The molecular formula is C28H42O4. The van der Waals surface area contributed by atoms with E-state index in [0.717, 1.165) is 29.4 Å². The van der Waals surface area contributed by atoms with Gasteiger partial charge in [0.25, 0.3) is 0 Å². The Labute approximate surface area is 195 Å². The fraction of sp³-hybridized carbons (Fsp3) is 0.500. The van der Waals surface area contributed by atoms with Gasteiger partial charge in [-0.1, -0.05) is 53.2 Å². The molecule has 0 radical (unpaired) electrons. The lowest BCUT2D eigenvalue weighted by molar-refractivity contribution is 0.387. The number of allylic oxidation sites excluding steroid dienone is 2. The molecular weight excluding hydrogens is 400 g/mol. The van der Waals surface area contributed by atoms with Crippen LogP contribution in [0.4, 0.5) is 0 Å². The zero-order valence-electron chi connectivity index (χ0n) is 21.7. The molecule has 0 spiro atoms. The molecule has 0 fully saturated rings. The fourth-order valence-electron chi connectivity index (χ4n) is 3.66. The van der Waals surface area contributed by atoms with E-state index in [1.54, 1.807) is 28.4 Å². The standard InChI is InChI=1S/C14H22O2.C14H20O2/c2*1-6-7-14(2,3)11-8-12(15-4)10-13(9-11)16-5/h8-10H,6-7H2,1-5H3;6-10H,1-5H3/b;7-6+. The second-order valence-corrected chi connectivity index (χ2v) is 9.06. The number of hydrogen-bond acceptors (Lipinski definition) is 4. The molecule has 0 unspecified atom stereocenters. The Hall–Kier alpha value is -2.62. The summed E-state index contributed by atoms with van der Waals surface area (Å²) >= 11 is 0. The molecule has 0 saturated carbocycles. The van der Waals surface area contributed by atoms with Crippen LogP contribution in [-0.4, -0.2) is 28.4 Å². The van der Waals surface area contributed by atoms with Crippen molar-refractivity contribution in [2.45, 2.75) is 65.2 Å². The van der Waals surface area contributed by atoms with Crippen LogP contribution >= 0.6 is 0 Å². The van der Waals surface area contributed by atoms with E-state index in [2.05, 4.69) is 58.9 Å². The third-order valence-corrected chi connectivity index (χ3v) is 5.69. The molecule has 2 aromatic carbocycles. The molecule has 178 valence electrons. The maximum atomic E-state index is 5.29. The molecule has 0 bridgehead atoms. The third kappa shape index (κ3) is 7.81. The van der Waals surface area contributed by atoms with Gasteiger partial charge in [0, 0.05) is 17.5 Å². The molecule has 0 aliphatic rings. The maximum absolute atomic E-state index is 5.29. The van der Waals surface area contributed by atoms with Gasteiger partial charge in [-0.15, -0.1) is 0 Å². The van der Waals surface area contributed by atoms with E-state index < -0.39 is 0 Å². The minimum Gasteiger partial charge on any atom is -0.497 e. The van der Waals surface area contributed by atoms with Crippen LogP contribution in [0.5, 0.6) is 23.0 Å². The Morgan fingerprint density at radius 2 is 1.03 bits per heavy atom. The molecule has 0 heterocycles. The summed E-state index contributed by atoms with van der Waals surface area (Å²) in [7, 11) is 6.71. The van der Waals surface area contributed by atoms with E-state index in [0.29, 0.717) is 0 Å². The highest BCUT2D eigenvalue weighted by molar-refractivity contribution is 5.43. The molecule has 0 aliphatic carbocycles. The first-order valence-corrected chi connectivity index (χ1v) is 11.2. The Morgan fingerprint density at radius 1 is 0.656 bits per heavy atom. The van der Waals surface area contributed by atoms with Gasteiger partial charge in [0.1, 0.15) is 23.0 Å². The second-order valence-electron chi connectivity index (χ2n) is 9.06. The minimum absolute atomic E-state index is 0.0173. The third-order valence-electron chi connectivity index (χ3n) is 5.69. The summed E-state index contributed by atoms with van der Waals surface area (Å²) in [5.41, 5.74) is 2.60. The highest BCUT2D eigenvalue weighted by atomic mass is 16.5. The minimum atomic E-state index is -0.0173. The summed E-state index contributed by atoms with van der Waals surface area (Å²) < 4.78 is 21.1. The smallest absolute Gasteiger partial charge is 0.122 e. The molecule has 2 aromatic rings. The van der Waals surface area contributed by atoms with Gasteiger partial charge >= 0.3 is 0 Å². The molecule has 2 rings (SSSR count). The normalized spacial score (nSPS) is 11.6. The van der Waals surface area contributed by atoms with Crippen molar-refractivity contribution in [1.29, 1.82) is 0 Å². The topological polar surface area (TPSA) is 36.9 Å². The highest BCUT2D eigenvalue weighted by Crippen LogP contribution is 2.34. The van der Waals surface area contributed by atoms with Gasteiger partial charge in [0.15, 0.2) is 0 Å². The van der Waals surface area contributed by atoms with E-state index in [1.165, 1.54) is 17.5 Å². The lowest BCUT2D eigenvalue weighted by Crippen LogP contribution is -2.16. The quantitative estimate of drug-likeness (QED) is 0.381. The van der Waals surface area contributed by atoms with Crippen molar-refractivity contribution in [2.24, 2.45) is 0 Å². The SMILES string of the molecule is C/C=C/C(C)(C)c1cc(OC)cc(OC)c1.CCCC(C)(C)c1cc(OC)cc(OC)c1. The molecule has 0 saturated heterocycles. The number of methoxy groups -OCH3 is 4. The van der Waals surface area contributed by atoms with Crippen LogP contribution < -0.4 is 18.9 Å². The molecule has 0 N–H and O–H groups in total. The van der Waals surface area contributed by atoms with Gasteiger partial charge in [-0.2, -0.15) is 0 Å². The van der Waals surface area contributed by atoms with Gasteiger partial charge < -0.3 is 18.9 Å². The zero-order valence-corrected chi connectivity index (χ0v) is 21.7. The number of rotatable bonds is 9. The van der Waals surface area contributed by atoms with Crippen LogP contribution in [0, 0.1) is 0 Å². The predicted octanol–water partition coefficient (Wildman–Crippen LogP) is 7.34. The average molecular weight is 443 g/mol. The predicted molar refractivity (Wildman–Crippen MR) is 135 cm³/mol. The lowest BCUT2D eigenvalue weighted by Gasteiger charge is -2.25. The van der Waals surface area contributed by atoms with Crippen molar-refractivity contribution in [1.82, 2.24) is 0 Å². The van der Waals surface area contributed by atoms with Gasteiger partial charge in [0.05, 0.1) is 28.4 Å². The van der Waals surface area contributed by atoms with Gasteiger partial charge in [-0.05, 0) is 54.2 Å². The first-order chi connectivity index (χ1) is 15.1. The van der Waals surface area contributed by atoms with Gasteiger partial charge in [0.2, 0.25) is 0 Å². The van der Waals surface area contributed by atoms with Crippen LogP contribution in [0.3, 0.4) is 0 Å². The molecule has 4 nitrogen and oxygen atoms in total. The van der Waals surface area contributed by atoms with Crippen molar-refractivity contribution >= 4 is 0 Å². The van der Waals surface area contributed by atoms with Gasteiger partial charge in [-0.25, -0.2) is 0 Å². The summed E-state index contributed by atoms with van der Waals surface area (Å²) in [5.74, 6) is 3.37. The summed E-state index contributed by atoms with van der Waals surface area (Å²) in [5, 5.41) is 0. The van der Waals surface area contributed by atoms with Crippen molar-refractivity contribution in [3.05, 3.63) is 59.7 Å². The van der Waals surface area contributed by atoms with E-state index in [-0.39, 0.29) is 10.8 Å². The lowest BCUT2D eigenvalue weighted by atomic mass is 9.80. The molecule has 4 heteroatoms. The molecule has 0 atom stereocenters. The Kier molecular flexibility index (Phi) is 10.6. The van der Waals surface area contributed by atoms with Crippen LogP contribution in [0.25, 0.3) is 0 Å². The second kappa shape index (κ2) is 12.4. The van der Waals surface area contributed by atoms with Crippen molar-refractivity contribution in [3.63, 3.8) is 0 Å². The maximum Gasteiger partial charge on any atom is 0.122 e. The zero-order chi connectivity index (χ0) is 24.4. The van der Waals surface area contributed by atoms with Crippen LogP contribution in [0.1, 0.15) is 65.5 Å². The average Bonchev–Trinajstić information content (AvgIpc) is 2.78. The van der Waals surface area contributed by atoms with E-state index >= 15 is 0 Å². The van der Waals surface area contributed by atoms with E-state index in [4.69, 9.17) is 18.9 Å². The largest absolute Gasteiger partial charge is 0.497 e. The molecule has 32 heavy (non-hydrogen) atoms. The first-order valence-electron chi connectivity index (χ1n) is 11.2. The Balaban J connectivity index is 0.000000320. The van der Waals surface area contributed by atoms with Crippen LogP contribution in [0.15, 0.2) is 48.6 Å². The summed E-state index contributed by atoms with van der Waals surface area (Å²) in [6.07, 6.45) is 6.56. The monoisotopic (exact) mass is 442 g/mol. The number of benzene rings is 2. The fourth-order valence-corrected chi connectivity index (χ4v) is 3.66. The highest BCUT2D eigenvalue weighted by Gasteiger charge is 2.21. The first kappa shape index (κ1) is 27.4. The summed E-state index contributed by atoms with van der Waals surface area (Å²) in [6, 6.07) is 12.1. The summed E-state index contributed by atoms with van der Waals surface area (Å²) in [4.78, 5) is 0.